The molecule has 1 N–H and O–H groups in total. The molecule has 1 aromatic rings. The van der Waals surface area contributed by atoms with Gasteiger partial charge < -0.3 is 14.9 Å². The Balaban J connectivity index is 0.000000261. The number of aryl methyl sites for hydroxylation is 1. The first-order valence-corrected chi connectivity index (χ1v) is 4.69. The van der Waals surface area contributed by atoms with Crippen molar-refractivity contribution in [2.45, 2.75) is 20.3 Å². The smallest absolute Gasteiger partial charge is 0.158 e. The van der Waals surface area contributed by atoms with Crippen LogP contribution < -0.4 is 5.11 Å². The van der Waals surface area contributed by atoms with Gasteiger partial charge in [0.05, 0.1) is 0 Å². The molecule has 0 saturated carbocycles. The summed E-state index contributed by atoms with van der Waals surface area (Å²) in [5, 5.41) is 10.9. The minimum Gasteiger partial charge on any atom is -0.550 e. The predicted molar refractivity (Wildman–Crippen MR) is 49.6 cm³/mol. The van der Waals surface area contributed by atoms with Crippen LogP contribution in [0.4, 0.5) is 0 Å². The molecule has 0 spiro atoms. The predicted octanol–water partition coefficient (Wildman–Crippen LogP) is 1.12. The largest absolute Gasteiger partial charge is 0.550 e. The van der Waals surface area contributed by atoms with E-state index >= 15 is 0 Å². The van der Waals surface area contributed by atoms with Gasteiger partial charge in [-0.25, -0.2) is 0 Å². The van der Waals surface area contributed by atoms with Gasteiger partial charge in [-0.3, -0.25) is 0 Å². The minimum atomic E-state index is -1.08. The summed E-state index contributed by atoms with van der Waals surface area (Å²) in [6.07, 6.45) is 1.05. The molecule has 0 unspecified atom stereocenters. The second kappa shape index (κ2) is 5.91. The fraction of sp³-hybridized carbons (Fsp3) is 0.429. The number of carbonyl (C=O) groups is 1. The lowest BCUT2D eigenvalue weighted by atomic mass is 10.4. The van der Waals surface area contributed by atoms with Crippen LogP contribution in [-0.4, -0.2) is 11.0 Å². The number of aromatic nitrogens is 1. The van der Waals surface area contributed by atoms with Crippen molar-refractivity contribution in [3.05, 3.63) is 15.0 Å². The molecule has 0 radical (unpaired) electrons. The van der Waals surface area contributed by atoms with Crippen molar-refractivity contribution in [3.63, 3.8) is 0 Å². The zero-order valence-electron chi connectivity index (χ0n) is 6.92. The molecule has 0 aliphatic rings. The van der Waals surface area contributed by atoms with Crippen LogP contribution in [-0.2, 0) is 11.2 Å². The van der Waals surface area contributed by atoms with Crippen molar-refractivity contribution >= 4 is 29.5 Å². The van der Waals surface area contributed by atoms with Gasteiger partial charge in [0.15, 0.2) is 3.95 Å². The first-order valence-electron chi connectivity index (χ1n) is 3.40. The van der Waals surface area contributed by atoms with E-state index < -0.39 is 5.97 Å². The highest BCUT2D eigenvalue weighted by Gasteiger charge is 1.86. The van der Waals surface area contributed by atoms with E-state index in [2.05, 4.69) is 17.3 Å². The summed E-state index contributed by atoms with van der Waals surface area (Å²) in [5.41, 5.74) is 1.24. The lowest BCUT2D eigenvalue weighted by molar-refractivity contribution is -0.302. The average molecular weight is 204 g/mol. The Morgan fingerprint density at radius 3 is 2.50 bits per heavy atom. The van der Waals surface area contributed by atoms with Crippen LogP contribution in [0.5, 0.6) is 0 Å². The maximum absolute atomic E-state index is 8.89. The van der Waals surface area contributed by atoms with Gasteiger partial charge in [-0.1, -0.05) is 6.92 Å². The summed E-state index contributed by atoms with van der Waals surface area (Å²) in [6, 6.07) is 0. The van der Waals surface area contributed by atoms with Gasteiger partial charge in [-0.2, -0.15) is 0 Å². The Bertz CT molecular complexity index is 286. The molecule has 1 aromatic heterocycles. The normalized spacial score (nSPS) is 8.50. The van der Waals surface area contributed by atoms with Crippen LogP contribution in [0.1, 0.15) is 19.5 Å². The number of aromatic amines is 1. The number of rotatable bonds is 1. The molecule has 68 valence electrons. The van der Waals surface area contributed by atoms with E-state index in [4.69, 9.17) is 22.1 Å². The fourth-order valence-electron chi connectivity index (χ4n) is 0.486. The number of hydrogen-bond donors (Lipinski definition) is 1. The van der Waals surface area contributed by atoms with Crippen LogP contribution in [0.15, 0.2) is 5.38 Å². The second-order valence-corrected chi connectivity index (χ2v) is 3.56. The molecule has 0 aromatic carbocycles. The van der Waals surface area contributed by atoms with E-state index in [1.54, 1.807) is 11.3 Å². The number of hydrogen-bond acceptors (Lipinski definition) is 4. The molecule has 0 fully saturated rings. The van der Waals surface area contributed by atoms with Crippen LogP contribution >= 0.6 is 23.6 Å². The van der Waals surface area contributed by atoms with Crippen LogP contribution in [0.2, 0.25) is 0 Å². The molecule has 0 bridgehead atoms. The monoisotopic (exact) mass is 204 g/mol. The van der Waals surface area contributed by atoms with Crippen LogP contribution in [0.25, 0.3) is 0 Å². The summed E-state index contributed by atoms with van der Waals surface area (Å²) in [4.78, 5) is 11.9. The van der Waals surface area contributed by atoms with Crippen LogP contribution in [0.3, 0.4) is 0 Å². The maximum Gasteiger partial charge on any atom is 0.158 e. The van der Waals surface area contributed by atoms with E-state index in [0.29, 0.717) is 0 Å². The molecule has 12 heavy (non-hydrogen) atoms. The third kappa shape index (κ3) is 6.06. The Morgan fingerprint density at radius 1 is 1.83 bits per heavy atom. The Labute approximate surface area is 80.1 Å². The van der Waals surface area contributed by atoms with Crippen molar-refractivity contribution < 1.29 is 9.90 Å². The van der Waals surface area contributed by atoms with E-state index in [1.807, 2.05) is 0 Å². The van der Waals surface area contributed by atoms with Crippen LogP contribution in [0, 0.1) is 3.95 Å². The van der Waals surface area contributed by atoms with Gasteiger partial charge in [0.1, 0.15) is 0 Å². The summed E-state index contributed by atoms with van der Waals surface area (Å²) in [5.74, 6) is -1.08. The number of nitrogens with one attached hydrogen (secondary N) is 1. The van der Waals surface area contributed by atoms with Gasteiger partial charge in [0.25, 0.3) is 0 Å². The molecule has 1 heterocycles. The second-order valence-electron chi connectivity index (χ2n) is 2.02. The van der Waals surface area contributed by atoms with Gasteiger partial charge >= 0.3 is 0 Å². The van der Waals surface area contributed by atoms with Crippen molar-refractivity contribution in [2.24, 2.45) is 0 Å². The quantitative estimate of drug-likeness (QED) is 0.697. The minimum absolute atomic E-state index is 0.877. The SMILES string of the molecule is CC(=O)[O-].CCc1csc(=S)[nH]1. The first kappa shape index (κ1) is 11.3. The van der Waals surface area contributed by atoms with Crippen molar-refractivity contribution in [1.29, 1.82) is 0 Å². The molecule has 0 aliphatic heterocycles. The molecular formula is C7H10NO2S2-. The summed E-state index contributed by atoms with van der Waals surface area (Å²) in [6.45, 7) is 3.08. The number of H-pyrrole nitrogens is 1. The first-order chi connectivity index (χ1) is 5.56. The fourth-order valence-corrected chi connectivity index (χ4v) is 1.43. The molecule has 5 heteroatoms. The molecule has 3 nitrogen and oxygen atoms in total. The van der Waals surface area contributed by atoms with Gasteiger partial charge in [0.2, 0.25) is 0 Å². The van der Waals surface area contributed by atoms with Crippen molar-refractivity contribution in [1.82, 2.24) is 4.98 Å². The van der Waals surface area contributed by atoms with E-state index in [0.717, 1.165) is 17.3 Å². The molecular weight excluding hydrogens is 194 g/mol. The summed E-state index contributed by atoms with van der Waals surface area (Å²) in [7, 11) is 0. The Hall–Kier alpha value is -0.680. The highest BCUT2D eigenvalue weighted by molar-refractivity contribution is 7.73. The highest BCUT2D eigenvalue weighted by Crippen LogP contribution is 2.03. The standard InChI is InChI=1S/C5H7NS2.C2H4O2/c1-2-4-3-8-5(7)6-4;1-2(3)4/h3H,2H2,1H3,(H,6,7);1H3,(H,3,4)/p-1. The Kier molecular flexibility index (Phi) is 5.57. The summed E-state index contributed by atoms with van der Waals surface area (Å²) < 4.78 is 0.877. The third-order valence-electron chi connectivity index (χ3n) is 0.952. The number of carbonyl (C=O) groups excluding carboxylic acids is 1. The maximum atomic E-state index is 8.89. The summed E-state index contributed by atoms with van der Waals surface area (Å²) >= 11 is 6.45. The van der Waals surface area contributed by atoms with Gasteiger partial charge in [0, 0.05) is 17.0 Å². The van der Waals surface area contributed by atoms with Gasteiger partial charge in [-0.05, 0) is 25.6 Å². The van der Waals surface area contributed by atoms with E-state index in [9.17, 15) is 0 Å². The molecule has 0 aliphatic carbocycles. The average Bonchev–Trinajstić information content (AvgIpc) is 2.34. The molecule has 0 saturated heterocycles. The molecule has 0 atom stereocenters. The number of thiazole rings is 1. The molecule has 1 rings (SSSR count). The van der Waals surface area contributed by atoms with Gasteiger partial charge in [-0.15, -0.1) is 11.3 Å². The number of carboxylic acids is 1. The lowest BCUT2D eigenvalue weighted by Crippen LogP contribution is -2.16. The van der Waals surface area contributed by atoms with Crippen molar-refractivity contribution in [3.8, 4) is 0 Å². The zero-order chi connectivity index (χ0) is 9.56. The van der Waals surface area contributed by atoms with E-state index in [1.165, 1.54) is 5.69 Å². The number of carboxylic acid groups (broad SMARTS) is 1. The highest BCUT2D eigenvalue weighted by atomic mass is 32.1. The third-order valence-corrected chi connectivity index (χ3v) is 2.06. The topological polar surface area (TPSA) is 55.9 Å². The lowest BCUT2D eigenvalue weighted by Gasteiger charge is -1.80. The van der Waals surface area contributed by atoms with Crippen molar-refractivity contribution in [2.75, 3.05) is 0 Å². The number of aliphatic carboxylic acids is 1. The van der Waals surface area contributed by atoms with E-state index in [-0.39, 0.29) is 0 Å². The zero-order valence-corrected chi connectivity index (χ0v) is 8.55. The Morgan fingerprint density at radius 2 is 2.33 bits per heavy atom. The molecule has 0 amide bonds.